The average Bonchev–Trinajstić information content (AvgIpc) is 2.15. The van der Waals surface area contributed by atoms with E-state index in [2.05, 4.69) is 0 Å². The third-order valence-electron chi connectivity index (χ3n) is 2.08. The summed E-state index contributed by atoms with van der Waals surface area (Å²) < 4.78 is 35.8. The van der Waals surface area contributed by atoms with Gasteiger partial charge in [0.1, 0.15) is 0 Å². The molecule has 1 N–H and O–H groups in total. The van der Waals surface area contributed by atoms with Crippen LogP contribution in [-0.4, -0.2) is 19.6 Å². The fourth-order valence-corrected chi connectivity index (χ4v) is 1.71. The quantitative estimate of drug-likeness (QED) is 0.801. The van der Waals surface area contributed by atoms with Gasteiger partial charge in [-0.1, -0.05) is 6.07 Å². The first-order valence-electron chi connectivity index (χ1n) is 4.60. The highest BCUT2D eigenvalue weighted by Gasteiger charge is 2.11. The summed E-state index contributed by atoms with van der Waals surface area (Å²) in [5, 5.41) is 0. The van der Waals surface area contributed by atoms with Gasteiger partial charge in [-0.3, -0.25) is 4.55 Å². The molecule has 0 atom stereocenters. The summed E-state index contributed by atoms with van der Waals surface area (Å²) in [6.07, 6.45) is 0. The fourth-order valence-electron chi connectivity index (χ4n) is 1.18. The Hall–Kier alpha value is -0.910. The zero-order valence-electron chi connectivity index (χ0n) is 8.73. The number of hydrogen-bond acceptors (Lipinski definition) is 3. The Kier molecular flexibility index (Phi) is 3.84. The van der Waals surface area contributed by atoms with Crippen LogP contribution in [0.3, 0.4) is 0 Å². The summed E-state index contributed by atoms with van der Waals surface area (Å²) >= 11 is 0. The van der Waals surface area contributed by atoms with E-state index < -0.39 is 10.1 Å². The second-order valence-corrected chi connectivity index (χ2v) is 4.62. The van der Waals surface area contributed by atoms with Crippen molar-refractivity contribution < 1.29 is 17.7 Å². The highest BCUT2D eigenvalue weighted by molar-refractivity contribution is 7.85. The predicted molar refractivity (Wildman–Crippen MR) is 56.3 cm³/mol. The number of ether oxygens (including phenoxy) is 1. The largest absolute Gasteiger partial charge is 0.377 e. The van der Waals surface area contributed by atoms with E-state index in [-0.39, 0.29) is 4.90 Å². The first-order chi connectivity index (χ1) is 6.95. The van der Waals surface area contributed by atoms with Crippen molar-refractivity contribution in [1.82, 2.24) is 0 Å². The summed E-state index contributed by atoms with van der Waals surface area (Å²) in [6.45, 7) is 4.64. The van der Waals surface area contributed by atoms with Crippen molar-refractivity contribution in [2.24, 2.45) is 0 Å². The van der Waals surface area contributed by atoms with Crippen LogP contribution < -0.4 is 0 Å². The van der Waals surface area contributed by atoms with Gasteiger partial charge in [-0.05, 0) is 37.1 Å². The molecule has 4 nitrogen and oxygen atoms in total. The third kappa shape index (κ3) is 3.30. The number of aryl methyl sites for hydroxylation is 1. The molecule has 0 bridgehead atoms. The summed E-state index contributed by atoms with van der Waals surface area (Å²) in [7, 11) is -4.12. The Bertz CT molecular complexity index is 437. The highest BCUT2D eigenvalue weighted by atomic mass is 32.2. The van der Waals surface area contributed by atoms with Gasteiger partial charge in [-0.15, -0.1) is 0 Å². The van der Waals surface area contributed by atoms with E-state index in [1.807, 2.05) is 13.8 Å². The van der Waals surface area contributed by atoms with Crippen LogP contribution in [0, 0.1) is 6.92 Å². The van der Waals surface area contributed by atoms with E-state index in [4.69, 9.17) is 9.29 Å². The standard InChI is InChI=1S/C10H14O4S/c1-3-14-7-9-6-10(15(11,12)13)5-4-8(9)2/h4-6H,3,7H2,1-2H3,(H,11,12,13). The van der Waals surface area contributed by atoms with Gasteiger partial charge in [-0.25, -0.2) is 0 Å². The Morgan fingerprint density at radius 2 is 2.07 bits per heavy atom. The van der Waals surface area contributed by atoms with Gasteiger partial charge in [0.2, 0.25) is 0 Å². The maximum Gasteiger partial charge on any atom is 0.294 e. The van der Waals surface area contributed by atoms with Crippen molar-refractivity contribution in [3.05, 3.63) is 29.3 Å². The number of rotatable bonds is 4. The molecule has 15 heavy (non-hydrogen) atoms. The molecule has 0 aliphatic heterocycles. The summed E-state index contributed by atoms with van der Waals surface area (Å²) in [5.41, 5.74) is 1.71. The zero-order valence-corrected chi connectivity index (χ0v) is 9.54. The SMILES string of the molecule is CCOCc1cc(S(=O)(=O)O)ccc1C. The van der Waals surface area contributed by atoms with E-state index >= 15 is 0 Å². The molecular weight excluding hydrogens is 216 g/mol. The highest BCUT2D eigenvalue weighted by Crippen LogP contribution is 2.16. The Morgan fingerprint density at radius 1 is 1.40 bits per heavy atom. The monoisotopic (exact) mass is 230 g/mol. The number of hydrogen-bond donors (Lipinski definition) is 1. The van der Waals surface area contributed by atoms with Gasteiger partial charge in [-0.2, -0.15) is 8.42 Å². The Labute approximate surface area is 89.6 Å². The van der Waals surface area contributed by atoms with Crippen LogP contribution in [0.1, 0.15) is 18.1 Å². The van der Waals surface area contributed by atoms with Crippen molar-refractivity contribution in [2.45, 2.75) is 25.3 Å². The molecule has 0 spiro atoms. The van der Waals surface area contributed by atoms with Crippen LogP contribution in [0.5, 0.6) is 0 Å². The summed E-state index contributed by atoms with van der Waals surface area (Å²) in [5.74, 6) is 0. The average molecular weight is 230 g/mol. The summed E-state index contributed by atoms with van der Waals surface area (Å²) in [6, 6.07) is 4.46. The van der Waals surface area contributed by atoms with Crippen LogP contribution in [0.25, 0.3) is 0 Å². The summed E-state index contributed by atoms with van der Waals surface area (Å²) in [4.78, 5) is -0.0946. The maximum absolute atomic E-state index is 10.9. The topological polar surface area (TPSA) is 63.6 Å². The zero-order chi connectivity index (χ0) is 11.5. The van der Waals surface area contributed by atoms with Gasteiger partial charge in [0, 0.05) is 6.61 Å². The minimum absolute atomic E-state index is 0.0946. The van der Waals surface area contributed by atoms with Crippen LogP contribution in [-0.2, 0) is 21.5 Å². The molecule has 0 radical (unpaired) electrons. The Morgan fingerprint density at radius 3 is 2.60 bits per heavy atom. The van der Waals surface area contributed by atoms with E-state index in [9.17, 15) is 8.42 Å². The molecule has 5 heteroatoms. The second-order valence-electron chi connectivity index (χ2n) is 3.20. The number of benzene rings is 1. The molecule has 0 unspecified atom stereocenters. The first-order valence-corrected chi connectivity index (χ1v) is 6.04. The Balaban J connectivity index is 3.06. The van der Waals surface area contributed by atoms with Crippen LogP contribution in [0.2, 0.25) is 0 Å². The van der Waals surface area contributed by atoms with Crippen LogP contribution in [0.4, 0.5) is 0 Å². The molecule has 0 saturated carbocycles. The molecule has 84 valence electrons. The molecular formula is C10H14O4S. The maximum atomic E-state index is 10.9. The van der Waals surface area contributed by atoms with Gasteiger partial charge in [0.25, 0.3) is 10.1 Å². The van der Waals surface area contributed by atoms with E-state index in [0.29, 0.717) is 13.2 Å². The lowest BCUT2D eigenvalue weighted by molar-refractivity contribution is 0.133. The third-order valence-corrected chi connectivity index (χ3v) is 2.93. The molecule has 0 amide bonds. The lowest BCUT2D eigenvalue weighted by Gasteiger charge is -2.07. The molecule has 1 rings (SSSR count). The van der Waals surface area contributed by atoms with E-state index in [0.717, 1.165) is 11.1 Å². The van der Waals surface area contributed by atoms with Gasteiger partial charge < -0.3 is 4.74 Å². The van der Waals surface area contributed by atoms with Gasteiger partial charge in [0.05, 0.1) is 11.5 Å². The van der Waals surface area contributed by atoms with Gasteiger partial charge >= 0.3 is 0 Å². The minimum atomic E-state index is -4.12. The van der Waals surface area contributed by atoms with Crippen molar-refractivity contribution in [1.29, 1.82) is 0 Å². The van der Waals surface area contributed by atoms with Crippen molar-refractivity contribution in [2.75, 3.05) is 6.61 Å². The fraction of sp³-hybridized carbons (Fsp3) is 0.400. The van der Waals surface area contributed by atoms with Gasteiger partial charge in [0.15, 0.2) is 0 Å². The van der Waals surface area contributed by atoms with Crippen LogP contribution >= 0.6 is 0 Å². The smallest absolute Gasteiger partial charge is 0.294 e. The molecule has 0 heterocycles. The lowest BCUT2D eigenvalue weighted by Crippen LogP contribution is -2.01. The van der Waals surface area contributed by atoms with E-state index in [1.165, 1.54) is 12.1 Å². The minimum Gasteiger partial charge on any atom is -0.377 e. The first kappa shape index (κ1) is 12.2. The van der Waals surface area contributed by atoms with E-state index in [1.54, 1.807) is 6.07 Å². The lowest BCUT2D eigenvalue weighted by atomic mass is 10.1. The second kappa shape index (κ2) is 4.74. The predicted octanol–water partition coefficient (Wildman–Crippen LogP) is 1.78. The normalized spacial score (nSPS) is 11.7. The van der Waals surface area contributed by atoms with Crippen molar-refractivity contribution in [3.8, 4) is 0 Å². The van der Waals surface area contributed by atoms with Crippen molar-refractivity contribution in [3.63, 3.8) is 0 Å². The molecule has 1 aromatic carbocycles. The molecule has 0 fully saturated rings. The molecule has 0 aliphatic rings. The van der Waals surface area contributed by atoms with Crippen LogP contribution in [0.15, 0.2) is 23.1 Å². The van der Waals surface area contributed by atoms with Crippen molar-refractivity contribution >= 4 is 10.1 Å². The molecule has 0 aliphatic carbocycles. The molecule has 0 aromatic heterocycles. The molecule has 0 saturated heterocycles. The molecule has 1 aromatic rings.